The number of ether oxygens (including phenoxy) is 2. The summed E-state index contributed by atoms with van der Waals surface area (Å²) in [6.07, 6.45) is 0. The van der Waals surface area contributed by atoms with Gasteiger partial charge in [0, 0.05) is 16.9 Å². The van der Waals surface area contributed by atoms with E-state index >= 15 is 0 Å². The number of thiazole rings is 1. The van der Waals surface area contributed by atoms with E-state index in [9.17, 15) is 9.59 Å². The second-order valence-corrected chi connectivity index (χ2v) is 10.2. The van der Waals surface area contributed by atoms with Crippen LogP contribution < -0.4 is 20.1 Å². The van der Waals surface area contributed by atoms with Gasteiger partial charge < -0.3 is 20.1 Å². The molecule has 0 saturated heterocycles. The van der Waals surface area contributed by atoms with Crippen LogP contribution in [0.1, 0.15) is 21.5 Å². The fourth-order valence-electron chi connectivity index (χ4n) is 3.59. The number of hydrogen-bond donors (Lipinski definition) is 2. The van der Waals surface area contributed by atoms with Gasteiger partial charge in [0.2, 0.25) is 5.91 Å². The highest BCUT2D eigenvalue weighted by molar-refractivity contribution is 8.01. The molecule has 0 atom stereocenters. The first-order valence-electron chi connectivity index (χ1n) is 10.8. The van der Waals surface area contributed by atoms with E-state index in [1.54, 1.807) is 25.3 Å². The molecule has 0 unspecified atom stereocenters. The van der Waals surface area contributed by atoms with Crippen molar-refractivity contribution < 1.29 is 19.1 Å². The summed E-state index contributed by atoms with van der Waals surface area (Å²) < 4.78 is 12.2. The number of carbonyl (C=O) groups is 2. The van der Waals surface area contributed by atoms with Crippen molar-refractivity contribution in [3.05, 3.63) is 71.3 Å². The van der Waals surface area contributed by atoms with Gasteiger partial charge in [0.15, 0.2) is 15.8 Å². The number of aromatic nitrogens is 1. The number of anilines is 2. The number of rotatable bonds is 8. The van der Waals surface area contributed by atoms with Crippen LogP contribution in [-0.4, -0.2) is 36.8 Å². The molecule has 7 nitrogen and oxygen atoms in total. The lowest BCUT2D eigenvalue weighted by molar-refractivity contribution is -0.113. The summed E-state index contributed by atoms with van der Waals surface area (Å²) >= 11 is 2.87. The quantitative estimate of drug-likeness (QED) is 0.288. The molecule has 0 bridgehead atoms. The summed E-state index contributed by atoms with van der Waals surface area (Å²) in [6.45, 7) is 4.01. The predicted molar refractivity (Wildman–Crippen MR) is 142 cm³/mol. The molecule has 0 aliphatic carbocycles. The minimum Gasteiger partial charge on any atom is -0.493 e. The van der Waals surface area contributed by atoms with Gasteiger partial charge in [-0.3, -0.25) is 9.59 Å². The van der Waals surface area contributed by atoms with Gasteiger partial charge in [-0.05, 0) is 73.5 Å². The fraction of sp³-hybridized carbons (Fsp3) is 0.192. The van der Waals surface area contributed by atoms with Crippen LogP contribution in [0.25, 0.3) is 10.2 Å². The first kappa shape index (κ1) is 24.6. The average Bonchev–Trinajstić information content (AvgIpc) is 3.24. The van der Waals surface area contributed by atoms with Crippen molar-refractivity contribution in [2.45, 2.75) is 18.2 Å². The average molecular weight is 508 g/mol. The van der Waals surface area contributed by atoms with Crippen molar-refractivity contribution in [1.29, 1.82) is 0 Å². The van der Waals surface area contributed by atoms with Crippen molar-refractivity contribution in [2.24, 2.45) is 0 Å². The number of aryl methyl sites for hydroxylation is 2. The normalized spacial score (nSPS) is 10.7. The Bertz CT molecular complexity index is 1380. The van der Waals surface area contributed by atoms with Gasteiger partial charge in [-0.2, -0.15) is 0 Å². The van der Waals surface area contributed by atoms with E-state index in [2.05, 4.69) is 21.7 Å². The number of nitrogens with zero attached hydrogens (tertiary/aromatic N) is 1. The summed E-state index contributed by atoms with van der Waals surface area (Å²) in [6, 6.07) is 16.5. The molecular formula is C26H25N3O4S2. The number of thioether (sulfide) groups is 1. The first-order valence-corrected chi connectivity index (χ1v) is 12.6. The van der Waals surface area contributed by atoms with Crippen LogP contribution in [0, 0.1) is 13.8 Å². The molecule has 180 valence electrons. The summed E-state index contributed by atoms with van der Waals surface area (Å²) in [5.74, 6) is 0.967. The van der Waals surface area contributed by atoms with E-state index in [1.165, 1.54) is 30.2 Å². The molecule has 0 fully saturated rings. The molecule has 2 amide bonds. The Balaban J connectivity index is 1.40. The van der Waals surface area contributed by atoms with Crippen LogP contribution in [0.15, 0.2) is 58.9 Å². The number of benzene rings is 3. The Labute approximate surface area is 211 Å². The van der Waals surface area contributed by atoms with Gasteiger partial charge in [0.25, 0.3) is 5.91 Å². The predicted octanol–water partition coefficient (Wildman–Crippen LogP) is 5.91. The monoisotopic (exact) mass is 507 g/mol. The maximum Gasteiger partial charge on any atom is 0.255 e. The summed E-state index contributed by atoms with van der Waals surface area (Å²) in [5.41, 5.74) is 4.94. The Morgan fingerprint density at radius 1 is 0.886 bits per heavy atom. The Morgan fingerprint density at radius 2 is 1.63 bits per heavy atom. The van der Waals surface area contributed by atoms with E-state index in [1.807, 2.05) is 44.2 Å². The van der Waals surface area contributed by atoms with Gasteiger partial charge in [-0.25, -0.2) is 4.98 Å². The lowest BCUT2D eigenvalue weighted by atomic mass is 10.1. The van der Waals surface area contributed by atoms with E-state index in [4.69, 9.17) is 9.47 Å². The number of nitrogens with one attached hydrogen (secondary N) is 2. The third kappa shape index (κ3) is 6.12. The highest BCUT2D eigenvalue weighted by atomic mass is 32.2. The molecule has 0 saturated carbocycles. The lowest BCUT2D eigenvalue weighted by Gasteiger charge is -2.10. The van der Waals surface area contributed by atoms with Crippen LogP contribution in [0.2, 0.25) is 0 Å². The summed E-state index contributed by atoms with van der Waals surface area (Å²) in [5, 5.41) is 5.85. The molecular weight excluding hydrogens is 482 g/mol. The summed E-state index contributed by atoms with van der Waals surface area (Å²) in [4.78, 5) is 29.7. The van der Waals surface area contributed by atoms with E-state index in [-0.39, 0.29) is 17.6 Å². The van der Waals surface area contributed by atoms with E-state index in [0.29, 0.717) is 22.7 Å². The third-order valence-electron chi connectivity index (χ3n) is 5.10. The maximum atomic E-state index is 12.7. The molecule has 2 N–H and O–H groups in total. The highest BCUT2D eigenvalue weighted by Gasteiger charge is 2.13. The molecule has 1 aromatic heterocycles. The lowest BCUT2D eigenvalue weighted by Crippen LogP contribution is -2.14. The smallest absolute Gasteiger partial charge is 0.255 e. The molecule has 0 radical (unpaired) electrons. The topological polar surface area (TPSA) is 89.5 Å². The van der Waals surface area contributed by atoms with Crippen molar-refractivity contribution in [1.82, 2.24) is 4.98 Å². The highest BCUT2D eigenvalue weighted by Crippen LogP contribution is 2.32. The SMILES string of the molecule is COc1ccc(C(=O)Nc2ccc3nc(SCC(=O)Nc4cc(C)cc(C)c4)sc3c2)cc1OC. The van der Waals surface area contributed by atoms with Gasteiger partial charge in [-0.15, -0.1) is 11.3 Å². The second-order valence-electron chi connectivity index (χ2n) is 7.90. The van der Waals surface area contributed by atoms with Gasteiger partial charge in [-0.1, -0.05) is 17.8 Å². The number of amides is 2. The van der Waals surface area contributed by atoms with Crippen LogP contribution in [0.3, 0.4) is 0 Å². The second kappa shape index (κ2) is 10.8. The zero-order valence-corrected chi connectivity index (χ0v) is 21.4. The van der Waals surface area contributed by atoms with Crippen LogP contribution >= 0.6 is 23.1 Å². The van der Waals surface area contributed by atoms with Crippen molar-refractivity contribution in [3.63, 3.8) is 0 Å². The zero-order chi connectivity index (χ0) is 24.9. The van der Waals surface area contributed by atoms with Crippen molar-refractivity contribution >= 4 is 56.5 Å². The summed E-state index contributed by atoms with van der Waals surface area (Å²) in [7, 11) is 3.08. The molecule has 4 aromatic rings. The number of hydrogen-bond acceptors (Lipinski definition) is 7. The van der Waals surface area contributed by atoms with Gasteiger partial charge >= 0.3 is 0 Å². The molecule has 3 aromatic carbocycles. The van der Waals surface area contributed by atoms with Gasteiger partial charge in [0.1, 0.15) is 0 Å². The van der Waals surface area contributed by atoms with Crippen molar-refractivity contribution in [2.75, 3.05) is 30.6 Å². The number of methoxy groups -OCH3 is 2. The number of fused-ring (bicyclic) bond motifs is 1. The van der Waals surface area contributed by atoms with E-state index in [0.717, 1.165) is 31.4 Å². The Hall–Kier alpha value is -3.56. The Morgan fingerprint density at radius 3 is 2.34 bits per heavy atom. The standard InChI is InChI=1S/C26H25N3O4S2/c1-15-9-16(2)11-19(10-15)27-24(30)14-34-26-29-20-7-6-18(13-23(20)35-26)28-25(31)17-5-8-21(32-3)22(12-17)33-4/h5-13H,14H2,1-4H3,(H,27,30)(H,28,31). The minimum atomic E-state index is -0.257. The fourth-order valence-corrected chi connectivity index (χ4v) is 5.50. The third-order valence-corrected chi connectivity index (χ3v) is 7.27. The molecule has 4 rings (SSSR count). The molecule has 35 heavy (non-hydrogen) atoms. The van der Waals surface area contributed by atoms with Gasteiger partial charge in [0.05, 0.1) is 30.2 Å². The van der Waals surface area contributed by atoms with Crippen LogP contribution in [-0.2, 0) is 4.79 Å². The molecule has 1 heterocycles. The minimum absolute atomic E-state index is 0.0814. The zero-order valence-electron chi connectivity index (χ0n) is 19.8. The molecule has 0 aliphatic heterocycles. The maximum absolute atomic E-state index is 12.7. The molecule has 0 spiro atoms. The first-order chi connectivity index (χ1) is 16.8. The van der Waals surface area contributed by atoms with Crippen molar-refractivity contribution in [3.8, 4) is 11.5 Å². The van der Waals surface area contributed by atoms with E-state index < -0.39 is 0 Å². The molecule has 0 aliphatic rings. The van der Waals surface area contributed by atoms with Crippen LogP contribution in [0.4, 0.5) is 11.4 Å². The van der Waals surface area contributed by atoms with Crippen LogP contribution in [0.5, 0.6) is 11.5 Å². The largest absolute Gasteiger partial charge is 0.493 e. The molecule has 9 heteroatoms. The Kier molecular flexibility index (Phi) is 7.57. The number of carbonyl (C=O) groups excluding carboxylic acids is 2.